The van der Waals surface area contributed by atoms with Crippen LogP contribution in [0.25, 0.3) is 22.0 Å². The molecule has 0 aliphatic heterocycles. The molecule has 25 heavy (non-hydrogen) atoms. The summed E-state index contributed by atoms with van der Waals surface area (Å²) in [5.41, 5.74) is 1.99. The van der Waals surface area contributed by atoms with Crippen molar-refractivity contribution in [2.45, 2.75) is 6.54 Å². The highest BCUT2D eigenvalue weighted by Gasteiger charge is 2.14. The Bertz CT molecular complexity index is 1060. The average molecular weight is 333 g/mol. The molecule has 3 heterocycles. The van der Waals surface area contributed by atoms with Crippen molar-refractivity contribution in [2.75, 3.05) is 7.11 Å². The number of amides is 1. The standard InChI is InChI=1S/C19H15N3O3/c1-24-15-5-6-16-12(9-15)8-13-10-17(25-19(13)22-16)18(23)21-11-14-4-2-3-7-20-14/h2-10H,11H2,1H3,(H,21,23). The summed E-state index contributed by atoms with van der Waals surface area (Å²) in [5.74, 6) is 0.677. The normalized spacial score (nSPS) is 10.9. The third-order valence-corrected chi connectivity index (χ3v) is 3.89. The predicted molar refractivity (Wildman–Crippen MR) is 93.5 cm³/mol. The Kier molecular flexibility index (Phi) is 3.78. The lowest BCUT2D eigenvalue weighted by atomic mass is 10.2. The smallest absolute Gasteiger partial charge is 0.287 e. The molecule has 124 valence electrons. The number of carbonyl (C=O) groups excluding carboxylic acids is 1. The maximum absolute atomic E-state index is 12.3. The summed E-state index contributed by atoms with van der Waals surface area (Å²) in [6.45, 7) is 0.337. The quantitative estimate of drug-likeness (QED) is 0.620. The van der Waals surface area contributed by atoms with Gasteiger partial charge in [-0.05, 0) is 42.5 Å². The number of benzene rings is 1. The molecule has 0 saturated carbocycles. The lowest BCUT2D eigenvalue weighted by Gasteiger charge is -2.01. The molecule has 1 amide bonds. The highest BCUT2D eigenvalue weighted by atomic mass is 16.5. The van der Waals surface area contributed by atoms with Gasteiger partial charge < -0.3 is 14.5 Å². The fraction of sp³-hybridized carbons (Fsp3) is 0.105. The number of pyridine rings is 2. The van der Waals surface area contributed by atoms with E-state index in [1.165, 1.54) is 0 Å². The lowest BCUT2D eigenvalue weighted by molar-refractivity contribution is 0.0924. The molecule has 0 fully saturated rings. The third kappa shape index (κ3) is 3.01. The van der Waals surface area contributed by atoms with Gasteiger partial charge in [-0.2, -0.15) is 0 Å². The summed E-state index contributed by atoms with van der Waals surface area (Å²) >= 11 is 0. The van der Waals surface area contributed by atoms with E-state index < -0.39 is 0 Å². The molecule has 0 bridgehead atoms. The van der Waals surface area contributed by atoms with Crippen LogP contribution in [0.3, 0.4) is 0 Å². The van der Waals surface area contributed by atoms with Gasteiger partial charge in [0.05, 0.1) is 24.9 Å². The number of rotatable bonds is 4. The molecular weight excluding hydrogens is 318 g/mol. The monoisotopic (exact) mass is 333 g/mol. The number of carbonyl (C=O) groups is 1. The van der Waals surface area contributed by atoms with Gasteiger partial charge in [-0.3, -0.25) is 9.78 Å². The summed E-state index contributed by atoms with van der Waals surface area (Å²) in [6, 6.07) is 14.8. The Morgan fingerprint density at radius 3 is 2.88 bits per heavy atom. The fourth-order valence-corrected chi connectivity index (χ4v) is 2.61. The van der Waals surface area contributed by atoms with E-state index in [1.807, 2.05) is 42.5 Å². The van der Waals surface area contributed by atoms with Crippen LogP contribution in [0, 0.1) is 0 Å². The second-order valence-corrected chi connectivity index (χ2v) is 5.56. The maximum Gasteiger partial charge on any atom is 0.287 e. The summed E-state index contributed by atoms with van der Waals surface area (Å²) in [7, 11) is 1.62. The zero-order valence-electron chi connectivity index (χ0n) is 13.5. The van der Waals surface area contributed by atoms with E-state index in [9.17, 15) is 4.79 Å². The highest BCUT2D eigenvalue weighted by Crippen LogP contribution is 2.25. The van der Waals surface area contributed by atoms with Crippen molar-refractivity contribution >= 4 is 27.9 Å². The van der Waals surface area contributed by atoms with Crippen LogP contribution in [0.1, 0.15) is 16.2 Å². The van der Waals surface area contributed by atoms with Crippen molar-refractivity contribution in [3.63, 3.8) is 0 Å². The predicted octanol–water partition coefficient (Wildman–Crippen LogP) is 3.31. The van der Waals surface area contributed by atoms with Gasteiger partial charge in [0.1, 0.15) is 5.75 Å². The van der Waals surface area contributed by atoms with Gasteiger partial charge in [0, 0.05) is 17.0 Å². The number of methoxy groups -OCH3 is 1. The second kappa shape index (κ2) is 6.24. The first kappa shape index (κ1) is 15.1. The number of nitrogens with zero attached hydrogens (tertiary/aromatic N) is 2. The van der Waals surface area contributed by atoms with Crippen LogP contribution in [-0.4, -0.2) is 23.0 Å². The third-order valence-electron chi connectivity index (χ3n) is 3.89. The molecule has 1 N–H and O–H groups in total. The fourth-order valence-electron chi connectivity index (χ4n) is 2.61. The number of nitrogens with one attached hydrogen (secondary N) is 1. The average Bonchev–Trinajstić information content (AvgIpc) is 3.07. The van der Waals surface area contributed by atoms with Crippen LogP contribution in [0.15, 0.2) is 59.1 Å². The van der Waals surface area contributed by atoms with E-state index in [-0.39, 0.29) is 11.7 Å². The van der Waals surface area contributed by atoms with E-state index in [0.717, 1.165) is 27.7 Å². The molecule has 4 rings (SSSR count). The van der Waals surface area contributed by atoms with E-state index in [1.54, 1.807) is 19.4 Å². The van der Waals surface area contributed by atoms with Crippen LogP contribution in [-0.2, 0) is 6.54 Å². The number of hydrogen-bond acceptors (Lipinski definition) is 5. The number of aromatic nitrogens is 2. The molecule has 6 nitrogen and oxygen atoms in total. The van der Waals surface area contributed by atoms with Crippen molar-refractivity contribution < 1.29 is 13.9 Å². The first-order valence-corrected chi connectivity index (χ1v) is 7.79. The van der Waals surface area contributed by atoms with E-state index in [0.29, 0.717) is 12.3 Å². The minimum absolute atomic E-state index is 0.223. The Morgan fingerprint density at radius 2 is 2.08 bits per heavy atom. The first-order chi connectivity index (χ1) is 12.2. The van der Waals surface area contributed by atoms with Crippen LogP contribution in [0.2, 0.25) is 0 Å². The van der Waals surface area contributed by atoms with Gasteiger partial charge in [0.2, 0.25) is 5.71 Å². The van der Waals surface area contributed by atoms with Crippen molar-refractivity contribution in [3.05, 3.63) is 66.2 Å². The van der Waals surface area contributed by atoms with Crippen LogP contribution in [0.4, 0.5) is 0 Å². The van der Waals surface area contributed by atoms with Crippen molar-refractivity contribution in [1.29, 1.82) is 0 Å². The summed E-state index contributed by atoms with van der Waals surface area (Å²) in [6.07, 6.45) is 1.69. The Morgan fingerprint density at radius 1 is 1.16 bits per heavy atom. The molecular formula is C19H15N3O3. The van der Waals surface area contributed by atoms with Gasteiger partial charge >= 0.3 is 0 Å². The van der Waals surface area contributed by atoms with Crippen molar-refractivity contribution in [3.8, 4) is 5.75 Å². The van der Waals surface area contributed by atoms with Gasteiger partial charge in [0.25, 0.3) is 5.91 Å². The summed E-state index contributed by atoms with van der Waals surface area (Å²) in [5, 5.41) is 4.48. The molecule has 0 saturated heterocycles. The minimum Gasteiger partial charge on any atom is -0.497 e. The van der Waals surface area contributed by atoms with Gasteiger partial charge in [-0.25, -0.2) is 4.98 Å². The Hall–Kier alpha value is -3.41. The molecule has 0 unspecified atom stereocenters. The van der Waals surface area contributed by atoms with Crippen LogP contribution >= 0.6 is 0 Å². The first-order valence-electron chi connectivity index (χ1n) is 7.79. The molecule has 6 heteroatoms. The minimum atomic E-state index is -0.301. The molecule has 1 aromatic carbocycles. The van der Waals surface area contributed by atoms with Crippen molar-refractivity contribution in [1.82, 2.24) is 15.3 Å². The highest BCUT2D eigenvalue weighted by molar-refractivity contribution is 5.98. The summed E-state index contributed by atoms with van der Waals surface area (Å²) < 4.78 is 10.8. The molecule has 0 radical (unpaired) electrons. The zero-order chi connectivity index (χ0) is 17.2. The molecule has 0 aliphatic rings. The van der Waals surface area contributed by atoms with Crippen LogP contribution in [0.5, 0.6) is 5.75 Å². The van der Waals surface area contributed by atoms with E-state index >= 15 is 0 Å². The molecule has 4 aromatic rings. The molecule has 0 aliphatic carbocycles. The Balaban J connectivity index is 1.61. The SMILES string of the molecule is COc1ccc2nc3oc(C(=O)NCc4ccccn4)cc3cc2c1. The van der Waals surface area contributed by atoms with Gasteiger partial charge in [-0.1, -0.05) is 6.07 Å². The topological polar surface area (TPSA) is 77.2 Å². The van der Waals surface area contributed by atoms with E-state index in [2.05, 4.69) is 15.3 Å². The summed E-state index contributed by atoms with van der Waals surface area (Å²) in [4.78, 5) is 20.9. The molecule has 0 spiro atoms. The van der Waals surface area contributed by atoms with Crippen molar-refractivity contribution in [2.24, 2.45) is 0 Å². The lowest BCUT2D eigenvalue weighted by Crippen LogP contribution is -2.22. The number of furan rings is 1. The van der Waals surface area contributed by atoms with Gasteiger partial charge in [0.15, 0.2) is 5.76 Å². The zero-order valence-corrected chi connectivity index (χ0v) is 13.5. The maximum atomic E-state index is 12.3. The van der Waals surface area contributed by atoms with E-state index in [4.69, 9.17) is 9.15 Å². The molecule has 3 aromatic heterocycles. The number of ether oxygens (including phenoxy) is 1. The Labute approximate surface area is 143 Å². The molecule has 0 atom stereocenters. The number of fused-ring (bicyclic) bond motifs is 2. The van der Waals surface area contributed by atoms with Crippen LogP contribution < -0.4 is 10.1 Å². The number of hydrogen-bond donors (Lipinski definition) is 1. The largest absolute Gasteiger partial charge is 0.497 e. The second-order valence-electron chi connectivity index (χ2n) is 5.56. The van der Waals surface area contributed by atoms with Gasteiger partial charge in [-0.15, -0.1) is 0 Å².